The van der Waals surface area contributed by atoms with Crippen molar-refractivity contribution in [2.45, 2.75) is 33.2 Å². The largest absolute Gasteiger partial charge is 0.349 e. The lowest BCUT2D eigenvalue weighted by Crippen LogP contribution is -2.28. The van der Waals surface area contributed by atoms with E-state index in [2.05, 4.69) is 12.2 Å². The average molecular weight is 285 g/mol. The fourth-order valence-electron chi connectivity index (χ4n) is 2.23. The lowest BCUT2D eigenvalue weighted by Gasteiger charge is -2.14. The second kappa shape index (κ2) is 6.53. The summed E-state index contributed by atoms with van der Waals surface area (Å²) in [5.41, 5.74) is 4.30. The summed E-state index contributed by atoms with van der Waals surface area (Å²) in [4.78, 5) is 12.1. The van der Waals surface area contributed by atoms with Crippen molar-refractivity contribution in [3.8, 4) is 0 Å². The van der Waals surface area contributed by atoms with E-state index in [0.717, 1.165) is 11.1 Å². The van der Waals surface area contributed by atoms with Gasteiger partial charge in [-0.1, -0.05) is 30.3 Å². The van der Waals surface area contributed by atoms with Gasteiger partial charge in [-0.05, 0) is 55.2 Å². The second-order valence-electron chi connectivity index (χ2n) is 5.44. The third kappa shape index (κ3) is 4.15. The van der Waals surface area contributed by atoms with Gasteiger partial charge in [0.1, 0.15) is 5.82 Å². The number of benzene rings is 2. The van der Waals surface area contributed by atoms with Crippen LogP contribution in [0.5, 0.6) is 0 Å². The second-order valence-corrected chi connectivity index (χ2v) is 5.44. The van der Waals surface area contributed by atoms with E-state index in [1.165, 1.54) is 23.3 Å². The van der Waals surface area contributed by atoms with Gasteiger partial charge in [-0.25, -0.2) is 4.39 Å². The highest BCUT2D eigenvalue weighted by Gasteiger charge is 2.10. The highest BCUT2D eigenvalue weighted by molar-refractivity contribution is 5.79. The lowest BCUT2D eigenvalue weighted by molar-refractivity contribution is -0.121. The Bertz CT molecular complexity index is 634. The molecule has 0 heterocycles. The molecule has 0 aromatic heterocycles. The Hall–Kier alpha value is -2.16. The average Bonchev–Trinajstić information content (AvgIpc) is 2.43. The van der Waals surface area contributed by atoms with Crippen LogP contribution in [-0.4, -0.2) is 5.91 Å². The number of carbonyl (C=O) groups excluding carboxylic acids is 1. The third-order valence-corrected chi connectivity index (χ3v) is 3.68. The van der Waals surface area contributed by atoms with Gasteiger partial charge in [-0.2, -0.15) is 0 Å². The van der Waals surface area contributed by atoms with E-state index in [0.29, 0.717) is 6.42 Å². The van der Waals surface area contributed by atoms with Crippen molar-refractivity contribution in [3.63, 3.8) is 0 Å². The molecule has 0 saturated heterocycles. The quantitative estimate of drug-likeness (QED) is 0.908. The van der Waals surface area contributed by atoms with E-state index in [1.807, 2.05) is 32.0 Å². The van der Waals surface area contributed by atoms with Gasteiger partial charge in [0, 0.05) is 0 Å². The summed E-state index contributed by atoms with van der Waals surface area (Å²) in [6.45, 7) is 5.99. The molecule has 21 heavy (non-hydrogen) atoms. The number of nitrogens with one attached hydrogen (secondary N) is 1. The Balaban J connectivity index is 1.97. The predicted octanol–water partition coefficient (Wildman–Crippen LogP) is 3.86. The van der Waals surface area contributed by atoms with E-state index >= 15 is 0 Å². The van der Waals surface area contributed by atoms with E-state index < -0.39 is 0 Å². The maximum atomic E-state index is 12.9. The maximum Gasteiger partial charge on any atom is 0.224 e. The van der Waals surface area contributed by atoms with Crippen molar-refractivity contribution in [3.05, 3.63) is 70.5 Å². The van der Waals surface area contributed by atoms with Gasteiger partial charge in [-0.3, -0.25) is 4.79 Å². The minimum Gasteiger partial charge on any atom is -0.349 e. The van der Waals surface area contributed by atoms with Crippen molar-refractivity contribution in [2.24, 2.45) is 0 Å². The molecule has 3 heteroatoms. The standard InChI is InChI=1S/C18H20FNO/c1-12-4-5-15(10-13(12)2)11-18(21)20-14(3)16-6-8-17(19)9-7-16/h4-10,14H,11H2,1-3H3,(H,20,21)/t14-/m0/s1. The Kier molecular flexibility index (Phi) is 4.73. The summed E-state index contributed by atoms with van der Waals surface area (Å²) in [6, 6.07) is 12.1. The molecule has 1 N–H and O–H groups in total. The molecule has 2 rings (SSSR count). The van der Waals surface area contributed by atoms with E-state index in [9.17, 15) is 9.18 Å². The molecule has 0 aliphatic heterocycles. The number of rotatable bonds is 4. The summed E-state index contributed by atoms with van der Waals surface area (Å²) < 4.78 is 12.9. The maximum absolute atomic E-state index is 12.9. The predicted molar refractivity (Wildman–Crippen MR) is 82.6 cm³/mol. The van der Waals surface area contributed by atoms with Crippen molar-refractivity contribution >= 4 is 5.91 Å². The molecule has 110 valence electrons. The Morgan fingerprint density at radius 3 is 2.38 bits per heavy atom. The van der Waals surface area contributed by atoms with Crippen molar-refractivity contribution in [1.82, 2.24) is 5.32 Å². The Morgan fingerprint density at radius 1 is 1.10 bits per heavy atom. The van der Waals surface area contributed by atoms with Gasteiger partial charge in [0.2, 0.25) is 5.91 Å². The highest BCUT2D eigenvalue weighted by atomic mass is 19.1. The first-order valence-electron chi connectivity index (χ1n) is 7.06. The SMILES string of the molecule is Cc1ccc(CC(=O)N[C@@H](C)c2ccc(F)cc2)cc1C. The summed E-state index contributed by atoms with van der Waals surface area (Å²) in [6.07, 6.45) is 0.354. The van der Waals surface area contributed by atoms with Gasteiger partial charge in [0.25, 0.3) is 0 Å². The molecule has 0 radical (unpaired) electrons. The summed E-state index contributed by atoms with van der Waals surface area (Å²) in [7, 11) is 0. The molecule has 0 unspecified atom stereocenters. The number of aryl methyl sites for hydroxylation is 2. The van der Waals surface area contributed by atoms with Crippen LogP contribution in [0.25, 0.3) is 0 Å². The molecule has 0 fully saturated rings. The van der Waals surface area contributed by atoms with Crippen LogP contribution in [0.2, 0.25) is 0 Å². The monoisotopic (exact) mass is 285 g/mol. The van der Waals surface area contributed by atoms with Crippen molar-refractivity contribution < 1.29 is 9.18 Å². The van der Waals surface area contributed by atoms with E-state index in [4.69, 9.17) is 0 Å². The molecular formula is C18H20FNO. The fourth-order valence-corrected chi connectivity index (χ4v) is 2.23. The Morgan fingerprint density at radius 2 is 1.76 bits per heavy atom. The molecule has 2 nitrogen and oxygen atoms in total. The van der Waals surface area contributed by atoms with Crippen molar-refractivity contribution in [2.75, 3.05) is 0 Å². The van der Waals surface area contributed by atoms with Crippen molar-refractivity contribution in [1.29, 1.82) is 0 Å². The van der Waals surface area contributed by atoms with Gasteiger partial charge >= 0.3 is 0 Å². The molecule has 2 aromatic rings. The number of amides is 1. The normalized spacial score (nSPS) is 12.0. The van der Waals surface area contributed by atoms with Gasteiger partial charge in [0.05, 0.1) is 12.5 Å². The van der Waals surface area contributed by atoms with Crippen LogP contribution in [0.1, 0.15) is 35.2 Å². The smallest absolute Gasteiger partial charge is 0.224 e. The number of halogens is 1. The zero-order chi connectivity index (χ0) is 15.4. The van der Waals surface area contributed by atoms with Crippen LogP contribution < -0.4 is 5.32 Å². The van der Waals surface area contributed by atoms with Crippen LogP contribution in [0.15, 0.2) is 42.5 Å². The minimum atomic E-state index is -0.271. The minimum absolute atomic E-state index is 0.0323. The molecule has 0 bridgehead atoms. The molecule has 0 saturated carbocycles. The van der Waals surface area contributed by atoms with Crippen LogP contribution in [-0.2, 0) is 11.2 Å². The lowest BCUT2D eigenvalue weighted by atomic mass is 10.0. The molecule has 1 atom stereocenters. The molecule has 2 aromatic carbocycles. The first-order valence-corrected chi connectivity index (χ1v) is 7.06. The summed E-state index contributed by atoms with van der Waals surface area (Å²) >= 11 is 0. The number of carbonyl (C=O) groups is 1. The topological polar surface area (TPSA) is 29.1 Å². The van der Waals surface area contributed by atoms with E-state index in [1.54, 1.807) is 12.1 Å². The summed E-state index contributed by atoms with van der Waals surface area (Å²) in [5, 5.41) is 2.94. The molecule has 1 amide bonds. The van der Waals surface area contributed by atoms with Gasteiger partial charge in [-0.15, -0.1) is 0 Å². The highest BCUT2D eigenvalue weighted by Crippen LogP contribution is 2.14. The Labute approximate surface area is 125 Å². The summed E-state index contributed by atoms with van der Waals surface area (Å²) in [5.74, 6) is -0.303. The number of hydrogen-bond donors (Lipinski definition) is 1. The first kappa shape index (κ1) is 15.2. The van der Waals surface area contributed by atoms with Crippen LogP contribution >= 0.6 is 0 Å². The molecule has 0 spiro atoms. The molecular weight excluding hydrogens is 265 g/mol. The zero-order valence-electron chi connectivity index (χ0n) is 12.6. The number of hydrogen-bond acceptors (Lipinski definition) is 1. The third-order valence-electron chi connectivity index (χ3n) is 3.68. The fraction of sp³-hybridized carbons (Fsp3) is 0.278. The van der Waals surface area contributed by atoms with Gasteiger partial charge < -0.3 is 5.32 Å². The van der Waals surface area contributed by atoms with Crippen LogP contribution in [0.3, 0.4) is 0 Å². The molecule has 0 aliphatic rings. The van der Waals surface area contributed by atoms with E-state index in [-0.39, 0.29) is 17.8 Å². The molecule has 0 aliphatic carbocycles. The van der Waals surface area contributed by atoms with Gasteiger partial charge in [0.15, 0.2) is 0 Å². The van der Waals surface area contributed by atoms with Crippen LogP contribution in [0.4, 0.5) is 4.39 Å². The van der Waals surface area contributed by atoms with Crippen LogP contribution in [0, 0.1) is 19.7 Å². The first-order chi connectivity index (χ1) is 9.95. The zero-order valence-corrected chi connectivity index (χ0v) is 12.6.